The molecule has 22 heavy (non-hydrogen) atoms. The lowest BCUT2D eigenvalue weighted by Gasteiger charge is -2.16. The van der Waals surface area contributed by atoms with Crippen LogP contribution in [0.1, 0.15) is 40.3 Å². The number of carbonyl (C=O) groups is 1. The monoisotopic (exact) mass is 338 g/mol. The number of carbonyl (C=O) groups excluding carboxylic acids is 1. The van der Waals surface area contributed by atoms with Crippen molar-refractivity contribution in [1.82, 2.24) is 20.8 Å². The maximum atomic E-state index is 12.4. The Labute approximate surface area is 138 Å². The molecule has 1 atom stereocenters. The molecular formula is C15H16Cl2N4O. The van der Waals surface area contributed by atoms with E-state index in [4.69, 9.17) is 23.2 Å². The maximum absolute atomic E-state index is 12.4. The number of benzene rings is 1. The Morgan fingerprint density at radius 2 is 2.18 bits per heavy atom. The highest BCUT2D eigenvalue weighted by Crippen LogP contribution is 2.26. The second-order valence-electron chi connectivity index (χ2n) is 5.32. The first-order valence-corrected chi connectivity index (χ1v) is 7.84. The van der Waals surface area contributed by atoms with Gasteiger partial charge in [0.25, 0.3) is 5.91 Å². The van der Waals surface area contributed by atoms with Crippen LogP contribution >= 0.6 is 23.2 Å². The molecule has 0 radical (unpaired) electrons. The number of amides is 1. The minimum absolute atomic E-state index is 0.189. The summed E-state index contributed by atoms with van der Waals surface area (Å²) in [6, 6.07) is 5.14. The Balaban J connectivity index is 1.76. The smallest absolute Gasteiger partial charge is 0.272 e. The van der Waals surface area contributed by atoms with E-state index in [-0.39, 0.29) is 11.9 Å². The van der Waals surface area contributed by atoms with Gasteiger partial charge in [0, 0.05) is 30.8 Å². The van der Waals surface area contributed by atoms with Crippen LogP contribution in [0.2, 0.25) is 10.0 Å². The highest BCUT2D eigenvalue weighted by Gasteiger charge is 2.22. The lowest BCUT2D eigenvalue weighted by molar-refractivity contribution is 0.0933. The van der Waals surface area contributed by atoms with Crippen molar-refractivity contribution < 1.29 is 4.79 Å². The van der Waals surface area contributed by atoms with Gasteiger partial charge in [0.1, 0.15) is 0 Å². The van der Waals surface area contributed by atoms with Crippen LogP contribution in [0.3, 0.4) is 0 Å². The number of fused-ring (bicyclic) bond motifs is 1. The summed E-state index contributed by atoms with van der Waals surface area (Å²) in [6.07, 6.45) is 0.859. The van der Waals surface area contributed by atoms with Crippen LogP contribution in [-0.4, -0.2) is 22.6 Å². The largest absolute Gasteiger partial charge is 0.344 e. The van der Waals surface area contributed by atoms with E-state index in [1.165, 1.54) is 0 Å². The average Bonchev–Trinajstić information content (AvgIpc) is 2.94. The normalized spacial score (nSPS) is 15.2. The fourth-order valence-corrected chi connectivity index (χ4v) is 2.85. The third-order valence-corrected chi connectivity index (χ3v) is 4.55. The summed E-state index contributed by atoms with van der Waals surface area (Å²) in [5, 5.41) is 14.3. The summed E-state index contributed by atoms with van der Waals surface area (Å²) in [6.45, 7) is 3.46. The molecule has 1 unspecified atom stereocenters. The predicted octanol–water partition coefficient (Wildman–Crippen LogP) is 2.85. The van der Waals surface area contributed by atoms with Crippen molar-refractivity contribution in [2.24, 2.45) is 0 Å². The van der Waals surface area contributed by atoms with Gasteiger partial charge in [-0.05, 0) is 24.6 Å². The fourth-order valence-electron chi connectivity index (χ4n) is 2.54. The summed E-state index contributed by atoms with van der Waals surface area (Å²) in [7, 11) is 0. The topological polar surface area (TPSA) is 69.8 Å². The highest BCUT2D eigenvalue weighted by molar-refractivity contribution is 6.42. The number of rotatable bonds is 3. The summed E-state index contributed by atoms with van der Waals surface area (Å²) in [5.41, 5.74) is 3.33. The minimum Gasteiger partial charge on any atom is -0.344 e. The first-order chi connectivity index (χ1) is 10.6. The van der Waals surface area contributed by atoms with E-state index in [2.05, 4.69) is 20.8 Å². The van der Waals surface area contributed by atoms with Gasteiger partial charge in [0.2, 0.25) is 0 Å². The molecule has 1 aliphatic heterocycles. The van der Waals surface area contributed by atoms with Crippen molar-refractivity contribution in [3.8, 4) is 0 Å². The number of aromatic nitrogens is 2. The molecule has 3 rings (SSSR count). The number of aromatic amines is 1. The SMILES string of the molecule is CC(NC(=O)c1n[nH]c2c1CNCC2)c1ccc(Cl)c(Cl)c1. The Bertz CT molecular complexity index is 714. The molecule has 2 aromatic rings. The van der Waals surface area contributed by atoms with Crippen LogP contribution < -0.4 is 10.6 Å². The van der Waals surface area contributed by atoms with E-state index in [9.17, 15) is 4.79 Å². The summed E-state index contributed by atoms with van der Waals surface area (Å²) in [4.78, 5) is 12.4. The molecule has 2 heterocycles. The molecule has 116 valence electrons. The fraction of sp³-hybridized carbons (Fsp3) is 0.333. The number of nitrogens with one attached hydrogen (secondary N) is 3. The lowest BCUT2D eigenvalue weighted by Crippen LogP contribution is -2.30. The van der Waals surface area contributed by atoms with Crippen molar-refractivity contribution in [3.05, 3.63) is 50.8 Å². The molecule has 0 spiro atoms. The number of nitrogens with zero attached hydrogens (tertiary/aromatic N) is 1. The van der Waals surface area contributed by atoms with Crippen molar-refractivity contribution in [3.63, 3.8) is 0 Å². The molecule has 7 heteroatoms. The summed E-state index contributed by atoms with van der Waals surface area (Å²) >= 11 is 11.9. The zero-order chi connectivity index (χ0) is 15.7. The molecule has 5 nitrogen and oxygen atoms in total. The molecule has 0 fully saturated rings. The standard InChI is InChI=1S/C15H16Cl2N4O/c1-8(9-2-3-11(16)12(17)6-9)19-15(22)14-10-7-18-5-4-13(10)20-21-14/h2-3,6,8,18H,4-5,7H2,1H3,(H,19,22)(H,20,21). The van der Waals surface area contributed by atoms with Gasteiger partial charge in [0.05, 0.1) is 16.1 Å². The Hall–Kier alpha value is -1.56. The van der Waals surface area contributed by atoms with Crippen molar-refractivity contribution in [2.45, 2.75) is 25.9 Å². The van der Waals surface area contributed by atoms with Crippen molar-refractivity contribution in [1.29, 1.82) is 0 Å². The molecule has 1 aromatic carbocycles. The predicted molar refractivity (Wildman–Crippen MR) is 86.3 cm³/mol. The van der Waals surface area contributed by atoms with Crippen LogP contribution in [0.25, 0.3) is 0 Å². The van der Waals surface area contributed by atoms with E-state index in [0.717, 1.165) is 29.8 Å². The Morgan fingerprint density at radius 3 is 2.95 bits per heavy atom. The summed E-state index contributed by atoms with van der Waals surface area (Å²) < 4.78 is 0. The quantitative estimate of drug-likeness (QED) is 0.805. The second kappa shape index (κ2) is 6.28. The molecule has 0 bridgehead atoms. The van der Waals surface area contributed by atoms with Gasteiger partial charge in [-0.1, -0.05) is 29.3 Å². The van der Waals surface area contributed by atoms with Crippen LogP contribution in [0.5, 0.6) is 0 Å². The van der Waals surface area contributed by atoms with Gasteiger partial charge in [0.15, 0.2) is 5.69 Å². The van der Waals surface area contributed by atoms with E-state index in [1.54, 1.807) is 12.1 Å². The van der Waals surface area contributed by atoms with E-state index >= 15 is 0 Å². The Kier molecular flexibility index (Phi) is 4.38. The molecule has 0 aliphatic carbocycles. The molecule has 0 saturated heterocycles. The van der Waals surface area contributed by atoms with Crippen LogP contribution in [0, 0.1) is 0 Å². The third kappa shape index (κ3) is 2.97. The maximum Gasteiger partial charge on any atom is 0.272 e. The third-order valence-electron chi connectivity index (χ3n) is 3.81. The number of H-pyrrole nitrogens is 1. The molecule has 0 saturated carbocycles. The first kappa shape index (κ1) is 15.3. The lowest BCUT2D eigenvalue weighted by atomic mass is 10.1. The van der Waals surface area contributed by atoms with Crippen LogP contribution in [-0.2, 0) is 13.0 Å². The molecule has 1 amide bonds. The van der Waals surface area contributed by atoms with Gasteiger partial charge < -0.3 is 10.6 Å². The molecule has 1 aliphatic rings. The molecular weight excluding hydrogens is 323 g/mol. The second-order valence-corrected chi connectivity index (χ2v) is 6.14. The van der Waals surface area contributed by atoms with Crippen LogP contribution in [0.4, 0.5) is 0 Å². The highest BCUT2D eigenvalue weighted by atomic mass is 35.5. The first-order valence-electron chi connectivity index (χ1n) is 7.09. The number of hydrogen-bond donors (Lipinski definition) is 3. The van der Waals surface area contributed by atoms with E-state index < -0.39 is 0 Å². The Morgan fingerprint density at radius 1 is 1.36 bits per heavy atom. The van der Waals surface area contributed by atoms with Gasteiger partial charge >= 0.3 is 0 Å². The zero-order valence-corrected chi connectivity index (χ0v) is 13.6. The molecule has 1 aromatic heterocycles. The summed E-state index contributed by atoms with van der Waals surface area (Å²) in [5.74, 6) is -0.195. The average molecular weight is 339 g/mol. The van der Waals surface area contributed by atoms with Gasteiger partial charge in [-0.25, -0.2) is 0 Å². The number of hydrogen-bond acceptors (Lipinski definition) is 3. The van der Waals surface area contributed by atoms with Gasteiger partial charge in [-0.15, -0.1) is 0 Å². The van der Waals surface area contributed by atoms with Crippen LogP contribution in [0.15, 0.2) is 18.2 Å². The molecule has 3 N–H and O–H groups in total. The van der Waals surface area contributed by atoms with Crippen molar-refractivity contribution in [2.75, 3.05) is 6.54 Å². The van der Waals surface area contributed by atoms with E-state index in [1.807, 2.05) is 13.0 Å². The van der Waals surface area contributed by atoms with E-state index in [0.29, 0.717) is 22.3 Å². The number of halogens is 2. The van der Waals surface area contributed by atoms with Gasteiger partial charge in [-0.2, -0.15) is 5.10 Å². The van der Waals surface area contributed by atoms with Gasteiger partial charge in [-0.3, -0.25) is 9.89 Å². The zero-order valence-electron chi connectivity index (χ0n) is 12.0. The minimum atomic E-state index is -0.195. The van der Waals surface area contributed by atoms with Crippen molar-refractivity contribution >= 4 is 29.1 Å².